The van der Waals surface area contributed by atoms with E-state index in [9.17, 15) is 13.2 Å². The first-order valence-corrected chi connectivity index (χ1v) is 5.87. The van der Waals surface area contributed by atoms with Crippen molar-refractivity contribution in [2.24, 2.45) is 0 Å². The summed E-state index contributed by atoms with van der Waals surface area (Å²) in [6.45, 7) is 1.05. The highest BCUT2D eigenvalue weighted by molar-refractivity contribution is 5.56. The van der Waals surface area contributed by atoms with E-state index in [2.05, 4.69) is 10.3 Å². The number of nitrogens with one attached hydrogen (secondary N) is 1. The molecule has 2 N–H and O–H groups in total. The van der Waals surface area contributed by atoms with E-state index in [1.807, 2.05) is 0 Å². The lowest BCUT2D eigenvalue weighted by Gasteiger charge is -2.28. The molecule has 1 saturated heterocycles. The largest absolute Gasteiger partial charge is 0.395 e. The van der Waals surface area contributed by atoms with Gasteiger partial charge in [-0.1, -0.05) is 0 Å². The normalized spacial score (nSPS) is 15.7. The van der Waals surface area contributed by atoms with Gasteiger partial charge in [-0.25, -0.2) is 4.39 Å². The third-order valence-electron chi connectivity index (χ3n) is 2.74. The summed E-state index contributed by atoms with van der Waals surface area (Å²) in [4.78, 5) is 4.81. The van der Waals surface area contributed by atoms with Crippen LogP contribution in [0.5, 0.6) is 0 Å². The molecule has 0 spiro atoms. The Balaban J connectivity index is 2.35. The molecule has 0 aliphatic carbocycles. The lowest BCUT2D eigenvalue weighted by atomic mass is 10.3. The Morgan fingerprint density at radius 2 is 1.89 bits per heavy atom. The van der Waals surface area contributed by atoms with Gasteiger partial charge < -0.3 is 20.1 Å². The number of morpholine rings is 1. The lowest BCUT2D eigenvalue weighted by molar-refractivity contribution is 0.122. The zero-order valence-corrected chi connectivity index (χ0v) is 10.1. The summed E-state index contributed by atoms with van der Waals surface area (Å²) >= 11 is 0. The molecule has 1 aromatic rings. The molecule has 0 saturated carbocycles. The maximum absolute atomic E-state index is 14.1. The van der Waals surface area contributed by atoms with Crippen molar-refractivity contribution in [2.45, 2.75) is 0 Å². The standard InChI is InChI=1S/C11H14F3N3O2/c12-7-9(15-1-4-18)8(13)11(16-10(7)14)17-2-5-19-6-3-17/h18H,1-6H2,(H,15,16). The summed E-state index contributed by atoms with van der Waals surface area (Å²) in [5.74, 6) is -3.97. The first-order valence-electron chi connectivity index (χ1n) is 5.87. The molecule has 1 aliphatic heterocycles. The minimum absolute atomic E-state index is 0.0835. The van der Waals surface area contributed by atoms with Crippen LogP contribution in [-0.2, 0) is 4.74 Å². The second-order valence-electron chi connectivity index (χ2n) is 3.98. The Bertz CT molecular complexity index is 453. The summed E-state index contributed by atoms with van der Waals surface area (Å²) in [5.41, 5.74) is -0.608. The summed E-state index contributed by atoms with van der Waals surface area (Å²) in [6.07, 6.45) is 0. The second kappa shape index (κ2) is 6.07. The highest BCUT2D eigenvalue weighted by Crippen LogP contribution is 2.28. The molecule has 2 rings (SSSR count). The van der Waals surface area contributed by atoms with Gasteiger partial charge >= 0.3 is 0 Å². The SMILES string of the molecule is OCCNc1c(F)c(F)nc(N2CCOCC2)c1F. The Morgan fingerprint density at radius 3 is 2.53 bits per heavy atom. The number of nitrogens with zero attached hydrogens (tertiary/aromatic N) is 2. The zero-order valence-electron chi connectivity index (χ0n) is 10.1. The highest BCUT2D eigenvalue weighted by Gasteiger charge is 2.24. The van der Waals surface area contributed by atoms with Crippen molar-refractivity contribution < 1.29 is 23.0 Å². The van der Waals surface area contributed by atoms with Crippen LogP contribution in [0.3, 0.4) is 0 Å². The maximum atomic E-state index is 14.1. The van der Waals surface area contributed by atoms with Crippen molar-refractivity contribution in [3.8, 4) is 0 Å². The third-order valence-corrected chi connectivity index (χ3v) is 2.74. The maximum Gasteiger partial charge on any atom is 0.253 e. The lowest BCUT2D eigenvalue weighted by Crippen LogP contribution is -2.37. The van der Waals surface area contributed by atoms with E-state index < -0.39 is 23.3 Å². The van der Waals surface area contributed by atoms with Crippen LogP contribution in [0.2, 0.25) is 0 Å². The number of hydrogen-bond acceptors (Lipinski definition) is 5. The van der Waals surface area contributed by atoms with Gasteiger partial charge in [-0.05, 0) is 0 Å². The number of halogens is 3. The summed E-state index contributed by atoms with van der Waals surface area (Å²) in [6, 6.07) is 0. The van der Waals surface area contributed by atoms with Gasteiger partial charge in [0.15, 0.2) is 11.6 Å². The van der Waals surface area contributed by atoms with Crippen LogP contribution in [0.15, 0.2) is 0 Å². The van der Waals surface area contributed by atoms with Crippen LogP contribution in [0.25, 0.3) is 0 Å². The molecular formula is C11H14F3N3O2. The van der Waals surface area contributed by atoms with Crippen LogP contribution in [0, 0.1) is 17.6 Å². The van der Waals surface area contributed by atoms with Gasteiger partial charge in [0.2, 0.25) is 5.82 Å². The first-order chi connectivity index (χ1) is 9.15. The summed E-state index contributed by atoms with van der Waals surface area (Å²) < 4.78 is 46.1. The van der Waals surface area contributed by atoms with Crippen molar-refractivity contribution in [1.82, 2.24) is 4.98 Å². The van der Waals surface area contributed by atoms with Crippen molar-refractivity contribution in [3.05, 3.63) is 17.6 Å². The number of anilines is 2. The van der Waals surface area contributed by atoms with Gasteiger partial charge in [0.25, 0.3) is 5.95 Å². The minimum atomic E-state index is -1.39. The van der Waals surface area contributed by atoms with E-state index in [0.717, 1.165) is 0 Å². The second-order valence-corrected chi connectivity index (χ2v) is 3.98. The average Bonchev–Trinajstić information content (AvgIpc) is 2.44. The average molecular weight is 277 g/mol. The van der Waals surface area contributed by atoms with Crippen LogP contribution in [-0.4, -0.2) is 49.5 Å². The van der Waals surface area contributed by atoms with Gasteiger partial charge in [0.05, 0.1) is 19.8 Å². The topological polar surface area (TPSA) is 57.6 Å². The number of aliphatic hydroxyl groups excluding tert-OH is 1. The quantitative estimate of drug-likeness (QED) is 0.795. The smallest absolute Gasteiger partial charge is 0.253 e. The molecule has 0 unspecified atom stereocenters. The fourth-order valence-corrected chi connectivity index (χ4v) is 1.82. The Labute approximate surface area is 108 Å². The molecule has 0 amide bonds. The number of ether oxygens (including phenoxy) is 1. The molecule has 19 heavy (non-hydrogen) atoms. The molecule has 1 fully saturated rings. The van der Waals surface area contributed by atoms with Gasteiger partial charge in [-0.15, -0.1) is 0 Å². The van der Waals surface area contributed by atoms with E-state index in [4.69, 9.17) is 9.84 Å². The molecule has 1 aromatic heterocycles. The van der Waals surface area contributed by atoms with Crippen LogP contribution < -0.4 is 10.2 Å². The van der Waals surface area contributed by atoms with Crippen molar-refractivity contribution in [2.75, 3.05) is 49.7 Å². The molecule has 0 aromatic carbocycles. The molecular weight excluding hydrogens is 263 g/mol. The van der Waals surface area contributed by atoms with E-state index >= 15 is 0 Å². The molecule has 1 aliphatic rings. The van der Waals surface area contributed by atoms with Crippen LogP contribution >= 0.6 is 0 Å². The van der Waals surface area contributed by atoms with Crippen molar-refractivity contribution in [3.63, 3.8) is 0 Å². The fourth-order valence-electron chi connectivity index (χ4n) is 1.82. The Hall–Kier alpha value is -1.54. The van der Waals surface area contributed by atoms with E-state index in [-0.39, 0.29) is 19.0 Å². The van der Waals surface area contributed by atoms with Crippen molar-refractivity contribution in [1.29, 1.82) is 0 Å². The molecule has 2 heterocycles. The predicted octanol–water partition coefficient (Wildman–Crippen LogP) is 0.740. The Kier molecular flexibility index (Phi) is 4.43. The van der Waals surface area contributed by atoms with E-state index in [1.54, 1.807) is 0 Å². The molecule has 106 valence electrons. The number of hydrogen-bond donors (Lipinski definition) is 2. The van der Waals surface area contributed by atoms with Gasteiger partial charge in [0.1, 0.15) is 5.69 Å². The van der Waals surface area contributed by atoms with E-state index in [1.165, 1.54) is 4.90 Å². The van der Waals surface area contributed by atoms with Gasteiger partial charge in [-0.2, -0.15) is 13.8 Å². The number of rotatable bonds is 4. The molecule has 0 atom stereocenters. The molecule has 5 nitrogen and oxygen atoms in total. The monoisotopic (exact) mass is 277 g/mol. The molecule has 8 heteroatoms. The molecule has 0 bridgehead atoms. The third kappa shape index (κ3) is 2.90. The van der Waals surface area contributed by atoms with Crippen LogP contribution in [0.1, 0.15) is 0 Å². The molecule has 0 radical (unpaired) electrons. The summed E-state index contributed by atoms with van der Waals surface area (Å²) in [5, 5.41) is 11.0. The highest BCUT2D eigenvalue weighted by atomic mass is 19.2. The van der Waals surface area contributed by atoms with Gasteiger partial charge in [-0.3, -0.25) is 0 Å². The summed E-state index contributed by atoms with van der Waals surface area (Å²) in [7, 11) is 0. The first kappa shape index (κ1) is 13.9. The number of aliphatic hydroxyl groups is 1. The zero-order chi connectivity index (χ0) is 13.8. The number of pyridine rings is 1. The number of aromatic nitrogens is 1. The van der Waals surface area contributed by atoms with E-state index in [0.29, 0.717) is 26.3 Å². The van der Waals surface area contributed by atoms with Gasteiger partial charge in [0, 0.05) is 19.6 Å². The fraction of sp³-hybridized carbons (Fsp3) is 0.545. The Morgan fingerprint density at radius 1 is 1.21 bits per heavy atom. The minimum Gasteiger partial charge on any atom is -0.395 e. The van der Waals surface area contributed by atoms with Crippen molar-refractivity contribution >= 4 is 11.5 Å². The van der Waals surface area contributed by atoms with Crippen LogP contribution in [0.4, 0.5) is 24.7 Å². The predicted molar refractivity (Wildman–Crippen MR) is 62.7 cm³/mol.